The molecule has 0 saturated carbocycles. The third kappa shape index (κ3) is 4.14. The van der Waals surface area contributed by atoms with Gasteiger partial charge in [-0.1, -0.05) is 0 Å². The molecule has 1 fully saturated rings. The summed E-state index contributed by atoms with van der Waals surface area (Å²) in [7, 11) is 5.18. The predicted molar refractivity (Wildman–Crippen MR) is 101 cm³/mol. The third-order valence-electron chi connectivity index (χ3n) is 4.22. The number of amides is 2. The van der Waals surface area contributed by atoms with Crippen LogP contribution in [0.2, 0.25) is 0 Å². The van der Waals surface area contributed by atoms with Crippen LogP contribution >= 0.6 is 0 Å². The summed E-state index contributed by atoms with van der Waals surface area (Å²) in [5.74, 6) is 2.21. The Kier molecular flexibility index (Phi) is 5.40. The number of urea groups is 1. The number of ether oxygens (including phenoxy) is 1. The summed E-state index contributed by atoms with van der Waals surface area (Å²) in [6.45, 7) is 2.75. The van der Waals surface area contributed by atoms with E-state index in [0.29, 0.717) is 32.1 Å². The molecule has 3 rings (SSSR count). The van der Waals surface area contributed by atoms with Crippen LogP contribution < -0.4 is 15.0 Å². The zero-order chi connectivity index (χ0) is 18.5. The lowest BCUT2D eigenvalue weighted by atomic mass is 10.3. The Balaban J connectivity index is 1.63. The Bertz CT molecular complexity index is 742. The van der Waals surface area contributed by atoms with Crippen LogP contribution in [-0.4, -0.2) is 73.2 Å². The van der Waals surface area contributed by atoms with Crippen molar-refractivity contribution in [1.82, 2.24) is 19.8 Å². The molecule has 1 saturated heterocycles. The summed E-state index contributed by atoms with van der Waals surface area (Å²) < 4.78 is 5.17. The van der Waals surface area contributed by atoms with Crippen LogP contribution in [0.4, 0.5) is 22.2 Å². The van der Waals surface area contributed by atoms with Crippen molar-refractivity contribution in [2.24, 2.45) is 0 Å². The van der Waals surface area contributed by atoms with Gasteiger partial charge in [-0.15, -0.1) is 0 Å². The summed E-state index contributed by atoms with van der Waals surface area (Å²) in [5.41, 5.74) is 0.928. The van der Waals surface area contributed by atoms with E-state index in [4.69, 9.17) is 4.74 Å². The minimum atomic E-state index is 0.0421. The topological polar surface area (TPSA) is 73.8 Å². The van der Waals surface area contributed by atoms with E-state index >= 15 is 0 Å². The van der Waals surface area contributed by atoms with Crippen LogP contribution in [0.15, 0.2) is 36.5 Å². The quantitative estimate of drug-likeness (QED) is 0.904. The molecule has 1 aliphatic rings. The Hall–Kier alpha value is -3.03. The maximum atomic E-state index is 12.0. The Labute approximate surface area is 153 Å². The number of nitrogens with zero attached hydrogens (tertiary/aromatic N) is 5. The average Bonchev–Trinajstić information content (AvgIpc) is 2.68. The van der Waals surface area contributed by atoms with Crippen molar-refractivity contribution in [2.45, 2.75) is 0 Å². The fraction of sp³-hybridized carbons (Fsp3) is 0.389. The molecule has 8 nitrogen and oxygen atoms in total. The molecule has 8 heteroatoms. The lowest BCUT2D eigenvalue weighted by molar-refractivity contribution is 0.167. The molecule has 1 aliphatic heterocycles. The first-order chi connectivity index (χ1) is 12.6. The SMILES string of the molecule is COc1ccc(Nc2ccnc(N3CCN(C(=O)N(C)C)CC3)n2)cc1. The number of nitrogens with one attached hydrogen (secondary N) is 1. The molecular formula is C18H24N6O2. The zero-order valence-electron chi connectivity index (χ0n) is 15.3. The van der Waals surface area contributed by atoms with Crippen molar-refractivity contribution in [1.29, 1.82) is 0 Å². The fourth-order valence-corrected chi connectivity index (χ4v) is 2.77. The highest BCUT2D eigenvalue weighted by atomic mass is 16.5. The predicted octanol–water partition coefficient (Wildman–Crippen LogP) is 2.03. The molecule has 0 spiro atoms. The van der Waals surface area contributed by atoms with Crippen LogP contribution in [0, 0.1) is 0 Å². The van der Waals surface area contributed by atoms with Gasteiger partial charge in [-0.25, -0.2) is 9.78 Å². The van der Waals surface area contributed by atoms with E-state index in [0.717, 1.165) is 17.3 Å². The van der Waals surface area contributed by atoms with E-state index in [1.54, 1.807) is 32.3 Å². The van der Waals surface area contributed by atoms with E-state index in [9.17, 15) is 4.79 Å². The van der Waals surface area contributed by atoms with Crippen molar-refractivity contribution in [3.63, 3.8) is 0 Å². The lowest BCUT2D eigenvalue weighted by Gasteiger charge is -2.35. The summed E-state index contributed by atoms with van der Waals surface area (Å²) in [6.07, 6.45) is 1.74. The second-order valence-corrected chi connectivity index (χ2v) is 6.25. The molecule has 138 valence electrons. The van der Waals surface area contributed by atoms with Crippen LogP contribution in [-0.2, 0) is 0 Å². The first-order valence-corrected chi connectivity index (χ1v) is 8.52. The largest absolute Gasteiger partial charge is 0.497 e. The summed E-state index contributed by atoms with van der Waals surface area (Å²) in [5, 5.41) is 3.27. The van der Waals surface area contributed by atoms with Crippen molar-refractivity contribution in [3.8, 4) is 5.75 Å². The number of hydrogen-bond acceptors (Lipinski definition) is 6. The zero-order valence-corrected chi connectivity index (χ0v) is 15.3. The van der Waals surface area contributed by atoms with Gasteiger partial charge in [-0.3, -0.25) is 0 Å². The van der Waals surface area contributed by atoms with Crippen molar-refractivity contribution >= 4 is 23.5 Å². The van der Waals surface area contributed by atoms with Gasteiger partial charge in [0.1, 0.15) is 11.6 Å². The number of benzene rings is 1. The molecular weight excluding hydrogens is 332 g/mol. The molecule has 26 heavy (non-hydrogen) atoms. The van der Waals surface area contributed by atoms with Gasteiger partial charge in [0, 0.05) is 52.2 Å². The molecule has 0 bridgehead atoms. The summed E-state index contributed by atoms with van der Waals surface area (Å²) in [6, 6.07) is 9.54. The van der Waals surface area contributed by atoms with E-state index in [1.165, 1.54) is 0 Å². The van der Waals surface area contributed by atoms with Gasteiger partial charge >= 0.3 is 6.03 Å². The van der Waals surface area contributed by atoms with Gasteiger partial charge in [-0.05, 0) is 30.3 Å². The Morgan fingerprint density at radius 1 is 1.12 bits per heavy atom. The van der Waals surface area contributed by atoms with Gasteiger partial charge in [0.05, 0.1) is 7.11 Å². The molecule has 1 aromatic carbocycles. The lowest BCUT2D eigenvalue weighted by Crippen LogP contribution is -2.51. The van der Waals surface area contributed by atoms with E-state index < -0.39 is 0 Å². The van der Waals surface area contributed by atoms with Gasteiger partial charge in [0.25, 0.3) is 0 Å². The van der Waals surface area contributed by atoms with Gasteiger partial charge in [0.15, 0.2) is 0 Å². The second kappa shape index (κ2) is 7.90. The number of hydrogen-bond donors (Lipinski definition) is 1. The third-order valence-corrected chi connectivity index (χ3v) is 4.22. The highest BCUT2D eigenvalue weighted by Gasteiger charge is 2.23. The molecule has 2 heterocycles. The number of piperazine rings is 1. The van der Waals surface area contributed by atoms with Crippen LogP contribution in [0.25, 0.3) is 0 Å². The normalized spacial score (nSPS) is 14.1. The summed E-state index contributed by atoms with van der Waals surface area (Å²) >= 11 is 0. The highest BCUT2D eigenvalue weighted by Crippen LogP contribution is 2.20. The van der Waals surface area contributed by atoms with E-state index in [1.807, 2.05) is 35.2 Å². The minimum absolute atomic E-state index is 0.0421. The second-order valence-electron chi connectivity index (χ2n) is 6.25. The molecule has 0 unspecified atom stereocenters. The fourth-order valence-electron chi connectivity index (χ4n) is 2.77. The number of methoxy groups -OCH3 is 1. The minimum Gasteiger partial charge on any atom is -0.497 e. The Morgan fingerprint density at radius 2 is 1.81 bits per heavy atom. The Morgan fingerprint density at radius 3 is 2.42 bits per heavy atom. The maximum Gasteiger partial charge on any atom is 0.319 e. The average molecular weight is 356 g/mol. The number of aromatic nitrogens is 2. The molecule has 0 atom stereocenters. The summed E-state index contributed by atoms with van der Waals surface area (Å²) in [4.78, 5) is 26.5. The highest BCUT2D eigenvalue weighted by molar-refractivity contribution is 5.74. The monoisotopic (exact) mass is 356 g/mol. The first kappa shape index (κ1) is 17.8. The number of carbonyl (C=O) groups is 1. The van der Waals surface area contributed by atoms with Crippen LogP contribution in [0.5, 0.6) is 5.75 Å². The van der Waals surface area contributed by atoms with Gasteiger partial charge in [0.2, 0.25) is 5.95 Å². The number of carbonyl (C=O) groups excluding carboxylic acids is 1. The van der Waals surface area contributed by atoms with Crippen LogP contribution in [0.1, 0.15) is 0 Å². The van der Waals surface area contributed by atoms with E-state index in [2.05, 4.69) is 20.2 Å². The van der Waals surface area contributed by atoms with Crippen molar-refractivity contribution in [2.75, 3.05) is 57.6 Å². The smallest absolute Gasteiger partial charge is 0.319 e. The van der Waals surface area contributed by atoms with Crippen LogP contribution in [0.3, 0.4) is 0 Å². The van der Waals surface area contributed by atoms with Crippen molar-refractivity contribution in [3.05, 3.63) is 36.5 Å². The molecule has 0 aliphatic carbocycles. The number of anilines is 3. The molecule has 2 aromatic rings. The molecule has 0 radical (unpaired) electrons. The first-order valence-electron chi connectivity index (χ1n) is 8.52. The van der Waals surface area contributed by atoms with Gasteiger partial charge in [-0.2, -0.15) is 4.98 Å². The molecule has 1 N–H and O–H groups in total. The van der Waals surface area contributed by atoms with Crippen molar-refractivity contribution < 1.29 is 9.53 Å². The molecule has 1 aromatic heterocycles. The van der Waals surface area contributed by atoms with Gasteiger partial charge < -0.3 is 24.8 Å². The molecule has 2 amide bonds. The van der Waals surface area contributed by atoms with E-state index in [-0.39, 0.29) is 6.03 Å². The number of rotatable bonds is 4. The standard InChI is InChI=1S/C18H24N6O2/c1-22(2)18(25)24-12-10-23(11-13-24)17-19-9-8-16(21-17)20-14-4-6-15(26-3)7-5-14/h4-9H,10-13H2,1-3H3,(H,19,20,21). The maximum absolute atomic E-state index is 12.0.